The first-order valence-electron chi connectivity index (χ1n) is 9.49. The molecular weight excluding hydrogens is 396 g/mol. The first-order chi connectivity index (χ1) is 13.7. The summed E-state index contributed by atoms with van der Waals surface area (Å²) in [5.41, 5.74) is 4.91. The van der Waals surface area contributed by atoms with Crippen LogP contribution in [-0.4, -0.2) is 29.6 Å². The van der Waals surface area contributed by atoms with Crippen molar-refractivity contribution in [2.45, 2.75) is 63.1 Å². The average molecular weight is 421 g/mol. The predicted octanol–water partition coefficient (Wildman–Crippen LogP) is 2.71. The molecule has 2 atom stereocenters. The molecule has 1 aromatic rings. The highest BCUT2D eigenvalue weighted by Gasteiger charge is 2.35. The van der Waals surface area contributed by atoms with E-state index in [9.17, 15) is 19.6 Å². The highest BCUT2D eigenvalue weighted by Crippen LogP contribution is 2.27. The maximum absolute atomic E-state index is 12.4. The molecule has 1 fully saturated rings. The number of halogens is 1. The number of carbonyl (C=O) groups excluding carboxylic acids is 3. The smallest absolute Gasteiger partial charge is 0.312 e. The molecule has 3 amide bonds. The fourth-order valence-corrected chi connectivity index (χ4v) is 3.47. The van der Waals surface area contributed by atoms with E-state index in [4.69, 9.17) is 22.1 Å². The average Bonchev–Trinajstić information content (AvgIpc) is 2.68. The van der Waals surface area contributed by atoms with Crippen molar-refractivity contribution in [1.29, 1.82) is 5.26 Å². The molecule has 29 heavy (non-hydrogen) atoms. The van der Waals surface area contributed by atoms with Crippen molar-refractivity contribution in [2.75, 3.05) is 0 Å². The molecular formula is C20H25ClN4O4. The zero-order chi connectivity index (χ0) is 21.4. The highest BCUT2D eigenvalue weighted by molar-refractivity contribution is 6.30. The van der Waals surface area contributed by atoms with E-state index in [1.807, 2.05) is 0 Å². The molecule has 0 unspecified atom stereocenters. The number of primary amides is 1. The van der Waals surface area contributed by atoms with Gasteiger partial charge in [0.15, 0.2) is 6.10 Å². The van der Waals surface area contributed by atoms with Crippen LogP contribution < -0.4 is 16.4 Å². The van der Waals surface area contributed by atoms with Crippen molar-refractivity contribution in [2.24, 2.45) is 5.73 Å². The monoisotopic (exact) mass is 420 g/mol. The number of nitrogens with two attached hydrogens (primary N) is 1. The Morgan fingerprint density at radius 1 is 1.24 bits per heavy atom. The van der Waals surface area contributed by atoms with Crippen LogP contribution in [0.1, 0.15) is 57.1 Å². The molecule has 0 heterocycles. The van der Waals surface area contributed by atoms with E-state index in [0.29, 0.717) is 23.4 Å². The normalized spacial score (nSPS) is 17.3. The number of esters is 1. The molecule has 156 valence electrons. The van der Waals surface area contributed by atoms with Crippen LogP contribution in [-0.2, 0) is 14.3 Å². The van der Waals surface area contributed by atoms with E-state index < -0.39 is 35.6 Å². The number of carbonyl (C=O) groups is 3. The SMILES string of the molecule is C[C@@H](OC(=O)C[C@H](NC(N)=O)c1ccc(Cl)cc1)C(=O)NC1(C#N)CCCCC1. The van der Waals surface area contributed by atoms with Crippen LogP contribution in [0.3, 0.4) is 0 Å². The van der Waals surface area contributed by atoms with E-state index in [1.54, 1.807) is 24.3 Å². The quantitative estimate of drug-likeness (QED) is 0.583. The summed E-state index contributed by atoms with van der Waals surface area (Å²) in [5.74, 6) is -1.20. The Labute approximate surface area is 174 Å². The molecule has 1 aliphatic carbocycles. The van der Waals surface area contributed by atoms with Crippen LogP contribution in [0.15, 0.2) is 24.3 Å². The van der Waals surface area contributed by atoms with E-state index in [2.05, 4.69) is 16.7 Å². The first kappa shape index (κ1) is 22.5. The molecule has 4 N–H and O–H groups in total. The number of urea groups is 1. The molecule has 1 aromatic carbocycles. The third-order valence-electron chi connectivity index (χ3n) is 4.92. The second-order valence-corrected chi connectivity index (χ2v) is 7.63. The van der Waals surface area contributed by atoms with Gasteiger partial charge in [0.1, 0.15) is 5.54 Å². The summed E-state index contributed by atoms with van der Waals surface area (Å²) in [7, 11) is 0. The number of rotatable bonds is 7. The Kier molecular flexibility index (Phi) is 7.85. The molecule has 0 aliphatic heterocycles. The molecule has 1 aliphatic rings. The maximum Gasteiger partial charge on any atom is 0.312 e. The summed E-state index contributed by atoms with van der Waals surface area (Å²) in [6.07, 6.45) is 2.63. The largest absolute Gasteiger partial charge is 0.452 e. The summed E-state index contributed by atoms with van der Waals surface area (Å²) < 4.78 is 5.22. The van der Waals surface area contributed by atoms with Gasteiger partial charge in [-0.2, -0.15) is 5.26 Å². The molecule has 1 saturated carbocycles. The van der Waals surface area contributed by atoms with Gasteiger partial charge < -0.3 is 21.1 Å². The lowest BCUT2D eigenvalue weighted by Crippen LogP contribution is -2.52. The number of benzene rings is 1. The van der Waals surface area contributed by atoms with Crippen LogP contribution >= 0.6 is 11.6 Å². The number of nitrogens with one attached hydrogen (secondary N) is 2. The number of hydrogen-bond donors (Lipinski definition) is 3. The number of ether oxygens (including phenoxy) is 1. The lowest BCUT2D eigenvalue weighted by atomic mass is 9.83. The van der Waals surface area contributed by atoms with E-state index in [1.165, 1.54) is 6.92 Å². The van der Waals surface area contributed by atoms with Gasteiger partial charge in [-0.15, -0.1) is 0 Å². The minimum absolute atomic E-state index is 0.217. The first-order valence-corrected chi connectivity index (χ1v) is 9.87. The van der Waals surface area contributed by atoms with Gasteiger partial charge in [-0.05, 0) is 37.5 Å². The molecule has 0 saturated heterocycles. The van der Waals surface area contributed by atoms with Crippen LogP contribution in [0.25, 0.3) is 0 Å². The zero-order valence-corrected chi connectivity index (χ0v) is 17.0. The van der Waals surface area contributed by atoms with E-state index in [-0.39, 0.29) is 6.42 Å². The van der Waals surface area contributed by atoms with Gasteiger partial charge in [-0.3, -0.25) is 9.59 Å². The van der Waals surface area contributed by atoms with Gasteiger partial charge in [0.05, 0.1) is 18.5 Å². The number of nitrogens with zero attached hydrogens (tertiary/aromatic N) is 1. The van der Waals surface area contributed by atoms with Crippen molar-refractivity contribution in [1.82, 2.24) is 10.6 Å². The fraction of sp³-hybridized carbons (Fsp3) is 0.500. The predicted molar refractivity (Wildman–Crippen MR) is 107 cm³/mol. The van der Waals surface area contributed by atoms with Gasteiger partial charge in [0.25, 0.3) is 5.91 Å². The van der Waals surface area contributed by atoms with Gasteiger partial charge >= 0.3 is 12.0 Å². The zero-order valence-electron chi connectivity index (χ0n) is 16.2. The molecule has 2 rings (SSSR count). The molecule has 0 aromatic heterocycles. The van der Waals surface area contributed by atoms with Crippen LogP contribution in [0.4, 0.5) is 4.79 Å². The standard InChI is InChI=1S/C20H25ClN4O4/c1-13(18(27)25-20(12-22)9-3-2-4-10-20)29-17(26)11-16(24-19(23)28)14-5-7-15(21)8-6-14/h5-8,13,16H,2-4,9-11H2,1H3,(H,25,27)(H3,23,24,28)/t13-,16+/m1/s1. The number of nitriles is 1. The molecule has 0 spiro atoms. The van der Waals surface area contributed by atoms with Gasteiger partial charge in [-0.25, -0.2) is 4.79 Å². The summed E-state index contributed by atoms with van der Waals surface area (Å²) in [4.78, 5) is 36.1. The van der Waals surface area contributed by atoms with Crippen molar-refractivity contribution >= 4 is 29.5 Å². The van der Waals surface area contributed by atoms with Crippen molar-refractivity contribution in [3.8, 4) is 6.07 Å². The number of amides is 3. The minimum atomic E-state index is -1.07. The topological polar surface area (TPSA) is 134 Å². The van der Waals surface area contributed by atoms with Gasteiger partial charge in [0.2, 0.25) is 0 Å². The molecule has 0 bridgehead atoms. The number of hydrogen-bond acceptors (Lipinski definition) is 5. The lowest BCUT2D eigenvalue weighted by molar-refractivity contribution is -0.155. The fourth-order valence-electron chi connectivity index (χ4n) is 3.34. The Balaban J connectivity index is 1.97. The Hall–Kier alpha value is -2.79. The van der Waals surface area contributed by atoms with Crippen LogP contribution in [0.5, 0.6) is 0 Å². The molecule has 9 heteroatoms. The second kappa shape index (κ2) is 10.1. The Morgan fingerprint density at radius 3 is 2.41 bits per heavy atom. The van der Waals surface area contributed by atoms with E-state index in [0.717, 1.165) is 19.3 Å². The maximum atomic E-state index is 12.4. The van der Waals surface area contributed by atoms with Gasteiger partial charge in [-0.1, -0.05) is 43.0 Å². The summed E-state index contributed by atoms with van der Waals surface area (Å²) in [5, 5.41) is 15.2. The molecule has 0 radical (unpaired) electrons. The van der Waals surface area contributed by atoms with Crippen molar-refractivity contribution in [3.05, 3.63) is 34.9 Å². The Morgan fingerprint density at radius 2 is 1.86 bits per heavy atom. The van der Waals surface area contributed by atoms with Crippen molar-refractivity contribution < 1.29 is 19.1 Å². The Bertz CT molecular complexity index is 785. The van der Waals surface area contributed by atoms with Gasteiger partial charge in [0, 0.05) is 5.02 Å². The van der Waals surface area contributed by atoms with E-state index >= 15 is 0 Å². The molecule has 8 nitrogen and oxygen atoms in total. The lowest BCUT2D eigenvalue weighted by Gasteiger charge is -2.32. The van der Waals surface area contributed by atoms with Crippen LogP contribution in [0.2, 0.25) is 5.02 Å². The summed E-state index contributed by atoms with van der Waals surface area (Å²) in [6.45, 7) is 1.44. The van der Waals surface area contributed by atoms with Crippen molar-refractivity contribution in [3.63, 3.8) is 0 Å². The summed E-state index contributed by atoms with van der Waals surface area (Å²) >= 11 is 5.86. The second-order valence-electron chi connectivity index (χ2n) is 7.19. The highest BCUT2D eigenvalue weighted by atomic mass is 35.5. The summed E-state index contributed by atoms with van der Waals surface area (Å²) in [6, 6.07) is 7.24. The van der Waals surface area contributed by atoms with Crippen LogP contribution in [0, 0.1) is 11.3 Å². The minimum Gasteiger partial charge on any atom is -0.452 e. The third kappa shape index (κ3) is 6.64. The third-order valence-corrected chi connectivity index (χ3v) is 5.17.